The molecule has 0 unspecified atom stereocenters. The number of aromatic nitrogens is 1. The van der Waals surface area contributed by atoms with Gasteiger partial charge in [-0.15, -0.1) is 11.3 Å². The summed E-state index contributed by atoms with van der Waals surface area (Å²) in [4.78, 5) is 29.6. The SMILES string of the molecule is CC.CCC(=O)OC(C)C.Fc1cccc(Cl)c1.O=C(O)C1=C(CBr)NC(c2nccs2)=NC1. The minimum Gasteiger partial charge on any atom is -0.478 e. The van der Waals surface area contributed by atoms with Gasteiger partial charge in [0, 0.05) is 34.0 Å². The van der Waals surface area contributed by atoms with Crippen molar-refractivity contribution < 1.29 is 23.8 Å². The van der Waals surface area contributed by atoms with Crippen molar-refractivity contribution >= 4 is 56.6 Å². The number of benzene rings is 1. The van der Waals surface area contributed by atoms with Crippen LogP contribution in [0.4, 0.5) is 4.39 Å². The number of carbonyl (C=O) groups is 2. The van der Waals surface area contributed by atoms with Crippen LogP contribution in [0, 0.1) is 5.82 Å². The van der Waals surface area contributed by atoms with Crippen LogP contribution < -0.4 is 5.32 Å². The average molecular weight is 579 g/mol. The first-order chi connectivity index (χ1) is 16.2. The third-order valence-electron chi connectivity index (χ3n) is 3.50. The number of thiazole rings is 1. The molecule has 34 heavy (non-hydrogen) atoms. The molecule has 0 fully saturated rings. The highest BCUT2D eigenvalue weighted by molar-refractivity contribution is 9.09. The molecule has 0 radical (unpaired) electrons. The van der Waals surface area contributed by atoms with Gasteiger partial charge in [-0.05, 0) is 32.0 Å². The van der Waals surface area contributed by atoms with Crippen LogP contribution in [0.15, 0.2) is 52.1 Å². The summed E-state index contributed by atoms with van der Waals surface area (Å²) in [5.74, 6) is -0.726. The Balaban J connectivity index is 0.000000512. The highest BCUT2D eigenvalue weighted by atomic mass is 79.9. The molecule has 0 aliphatic carbocycles. The Morgan fingerprint density at radius 2 is 2.03 bits per heavy atom. The third kappa shape index (κ3) is 12.8. The number of hydrogen-bond donors (Lipinski definition) is 2. The van der Waals surface area contributed by atoms with E-state index in [0.29, 0.717) is 28.3 Å². The molecular weight excluding hydrogens is 549 g/mol. The predicted molar refractivity (Wildman–Crippen MR) is 139 cm³/mol. The minimum absolute atomic E-state index is 0.0300. The zero-order valence-electron chi connectivity index (χ0n) is 19.8. The lowest BCUT2D eigenvalue weighted by atomic mass is 10.2. The van der Waals surface area contributed by atoms with E-state index in [1.165, 1.54) is 23.5 Å². The number of aliphatic carboxylic acids is 1. The number of amidine groups is 1. The summed E-state index contributed by atoms with van der Waals surface area (Å²) >= 11 is 10.1. The Morgan fingerprint density at radius 1 is 1.35 bits per heavy atom. The molecule has 0 saturated carbocycles. The maximum atomic E-state index is 12.1. The van der Waals surface area contributed by atoms with Gasteiger partial charge < -0.3 is 15.2 Å². The molecule has 188 valence electrons. The minimum atomic E-state index is -0.941. The number of carboxylic acids is 1. The van der Waals surface area contributed by atoms with Gasteiger partial charge in [-0.25, -0.2) is 14.2 Å². The van der Waals surface area contributed by atoms with Gasteiger partial charge in [0.1, 0.15) is 5.82 Å². The van der Waals surface area contributed by atoms with Crippen molar-refractivity contribution in [2.24, 2.45) is 4.99 Å². The Bertz CT molecular complexity index is 936. The van der Waals surface area contributed by atoms with E-state index in [4.69, 9.17) is 21.4 Å². The van der Waals surface area contributed by atoms with Crippen molar-refractivity contribution in [1.82, 2.24) is 10.3 Å². The zero-order valence-corrected chi connectivity index (χ0v) is 22.9. The molecule has 1 aliphatic heterocycles. The van der Waals surface area contributed by atoms with Crippen LogP contribution in [0.2, 0.25) is 5.02 Å². The smallest absolute Gasteiger partial charge is 0.335 e. The highest BCUT2D eigenvalue weighted by Crippen LogP contribution is 2.15. The van der Waals surface area contributed by atoms with Crippen LogP contribution in [0.5, 0.6) is 0 Å². The first kappa shape index (κ1) is 31.7. The predicted octanol–water partition coefficient (Wildman–Crippen LogP) is 6.08. The number of esters is 1. The van der Waals surface area contributed by atoms with E-state index < -0.39 is 5.97 Å². The second-order valence-electron chi connectivity index (χ2n) is 6.36. The molecule has 7 nitrogen and oxygen atoms in total. The number of nitrogens with one attached hydrogen (secondary N) is 1. The molecule has 1 aromatic heterocycles. The fourth-order valence-corrected chi connectivity index (χ4v) is 3.34. The monoisotopic (exact) mass is 577 g/mol. The van der Waals surface area contributed by atoms with Crippen LogP contribution in [-0.2, 0) is 14.3 Å². The van der Waals surface area contributed by atoms with Gasteiger partial charge in [-0.2, -0.15) is 0 Å². The second kappa shape index (κ2) is 18.1. The van der Waals surface area contributed by atoms with E-state index in [2.05, 4.69) is 31.2 Å². The van der Waals surface area contributed by atoms with E-state index in [0.717, 1.165) is 5.01 Å². The number of alkyl halides is 1. The standard InChI is InChI=1S/C9H8BrN3O2S.C6H4ClF.C6H12O2.C2H6/c10-3-6-5(9(14)15)4-12-7(13-6)8-11-1-2-16-8;7-5-2-1-3-6(8)4-5;1-4-6(7)8-5(2)3;1-2/h1-2H,3-4H2,(H,12,13)(H,14,15);1-4H;5H,4H2,1-3H3;1-2H3. The van der Waals surface area contributed by atoms with Crippen molar-refractivity contribution in [2.45, 2.75) is 47.1 Å². The van der Waals surface area contributed by atoms with Gasteiger partial charge in [-0.3, -0.25) is 9.79 Å². The largest absolute Gasteiger partial charge is 0.478 e. The summed E-state index contributed by atoms with van der Waals surface area (Å²) in [5, 5.41) is 15.5. The number of aliphatic imine (C=N–C) groups is 1. The average Bonchev–Trinajstić information content (AvgIpc) is 3.35. The van der Waals surface area contributed by atoms with E-state index >= 15 is 0 Å². The van der Waals surface area contributed by atoms with Gasteiger partial charge in [0.15, 0.2) is 10.8 Å². The van der Waals surface area contributed by atoms with Crippen molar-refractivity contribution in [2.75, 3.05) is 11.9 Å². The van der Waals surface area contributed by atoms with Crippen LogP contribution in [-0.4, -0.2) is 45.8 Å². The molecule has 0 atom stereocenters. The quantitative estimate of drug-likeness (QED) is 0.329. The number of carbonyl (C=O) groups excluding carboxylic acids is 1. The Hall–Kier alpha value is -2.30. The van der Waals surface area contributed by atoms with Crippen LogP contribution >= 0.6 is 38.9 Å². The lowest BCUT2D eigenvalue weighted by Gasteiger charge is -2.17. The topological polar surface area (TPSA) is 101 Å². The van der Waals surface area contributed by atoms with Crippen molar-refractivity contribution in [3.05, 3.63) is 63.0 Å². The second-order valence-corrected chi connectivity index (χ2v) is 8.25. The molecule has 2 N–H and O–H groups in total. The summed E-state index contributed by atoms with van der Waals surface area (Å²) < 4.78 is 16.8. The van der Waals surface area contributed by atoms with Crippen molar-refractivity contribution in [3.63, 3.8) is 0 Å². The Kier molecular flexibility index (Phi) is 16.9. The molecule has 0 bridgehead atoms. The van der Waals surface area contributed by atoms with Crippen molar-refractivity contribution in [3.8, 4) is 0 Å². The molecule has 1 aliphatic rings. The summed E-state index contributed by atoms with van der Waals surface area (Å²) in [6.07, 6.45) is 2.19. The van der Waals surface area contributed by atoms with E-state index in [-0.39, 0.29) is 30.0 Å². The number of carboxylic acid groups (broad SMARTS) is 1. The molecule has 0 amide bonds. The molecule has 0 saturated heterocycles. The van der Waals surface area contributed by atoms with Crippen molar-refractivity contribution in [1.29, 1.82) is 0 Å². The van der Waals surface area contributed by atoms with E-state index in [9.17, 15) is 14.0 Å². The number of rotatable bonds is 5. The molecule has 1 aromatic carbocycles. The number of allylic oxidation sites excluding steroid dienone is 1. The molecule has 3 rings (SSSR count). The van der Waals surface area contributed by atoms with E-state index in [1.54, 1.807) is 25.3 Å². The van der Waals surface area contributed by atoms with Crippen LogP contribution in [0.3, 0.4) is 0 Å². The lowest BCUT2D eigenvalue weighted by Crippen LogP contribution is -2.32. The molecule has 0 spiro atoms. The van der Waals surface area contributed by atoms with Crippen LogP contribution in [0.1, 0.15) is 46.0 Å². The summed E-state index contributed by atoms with van der Waals surface area (Å²) in [6, 6.07) is 5.82. The number of halogens is 3. The third-order valence-corrected chi connectivity index (χ3v) is 5.07. The highest BCUT2D eigenvalue weighted by Gasteiger charge is 2.20. The first-order valence-corrected chi connectivity index (χ1v) is 12.9. The van der Waals surface area contributed by atoms with Gasteiger partial charge in [0.25, 0.3) is 0 Å². The lowest BCUT2D eigenvalue weighted by molar-refractivity contribution is -0.147. The molecule has 2 aromatic rings. The van der Waals surface area contributed by atoms with Crippen LogP contribution in [0.25, 0.3) is 0 Å². The number of nitrogens with zero attached hydrogens (tertiary/aromatic N) is 2. The summed E-state index contributed by atoms with van der Waals surface area (Å²) in [6.45, 7) is 9.64. The number of ether oxygens (including phenoxy) is 1. The molecule has 2 heterocycles. The van der Waals surface area contributed by atoms with Gasteiger partial charge >= 0.3 is 11.9 Å². The maximum absolute atomic E-state index is 12.1. The maximum Gasteiger partial charge on any atom is 0.335 e. The first-order valence-electron chi connectivity index (χ1n) is 10.5. The van der Waals surface area contributed by atoms with Gasteiger partial charge in [0.2, 0.25) is 0 Å². The van der Waals surface area contributed by atoms with Gasteiger partial charge in [0.05, 0.1) is 18.2 Å². The summed E-state index contributed by atoms with van der Waals surface area (Å²) in [5.41, 5.74) is 0.921. The zero-order chi connectivity index (χ0) is 26.1. The Labute approximate surface area is 217 Å². The van der Waals surface area contributed by atoms with E-state index in [1.807, 2.05) is 33.1 Å². The number of hydrogen-bond acceptors (Lipinski definition) is 7. The van der Waals surface area contributed by atoms with Gasteiger partial charge in [-0.1, -0.05) is 54.4 Å². The fourth-order valence-electron chi connectivity index (χ4n) is 2.09. The normalized spacial score (nSPS) is 12.0. The molecular formula is C23H30BrClFN3O4S. The molecule has 11 heteroatoms. The summed E-state index contributed by atoms with van der Waals surface area (Å²) in [7, 11) is 0. The fraction of sp³-hybridized carbons (Fsp3) is 0.391. The Morgan fingerprint density at radius 3 is 2.41 bits per heavy atom.